The van der Waals surface area contributed by atoms with Crippen molar-refractivity contribution in [1.29, 1.82) is 0 Å². The van der Waals surface area contributed by atoms with Gasteiger partial charge in [0, 0.05) is 6.04 Å². The molecule has 0 aromatic heterocycles. The monoisotopic (exact) mass is 225 g/mol. The average Bonchev–Trinajstić information content (AvgIpc) is 2.27. The quantitative estimate of drug-likeness (QED) is 0.836. The topological polar surface area (TPSA) is 35.2 Å². The number of ether oxygens (including phenoxy) is 1. The maximum Gasteiger partial charge on any atom is 0.168 e. The van der Waals surface area contributed by atoms with Crippen LogP contribution in [0.4, 0.5) is 4.39 Å². The number of benzene rings is 1. The summed E-state index contributed by atoms with van der Waals surface area (Å²) in [5.41, 5.74) is 6.61. The molecule has 0 saturated heterocycles. The highest BCUT2D eigenvalue weighted by Crippen LogP contribution is 2.21. The normalized spacial score (nSPS) is 12.9. The van der Waals surface area contributed by atoms with Crippen LogP contribution in [-0.2, 0) is 6.42 Å². The highest BCUT2D eigenvalue weighted by Gasteiger charge is 2.11. The van der Waals surface area contributed by atoms with Crippen molar-refractivity contribution in [3.05, 3.63) is 29.6 Å². The van der Waals surface area contributed by atoms with Crippen molar-refractivity contribution in [2.75, 3.05) is 7.11 Å². The zero-order chi connectivity index (χ0) is 12.1. The van der Waals surface area contributed by atoms with Crippen molar-refractivity contribution >= 4 is 0 Å². The summed E-state index contributed by atoms with van der Waals surface area (Å²) in [5, 5.41) is 0. The van der Waals surface area contributed by atoms with Gasteiger partial charge in [0.2, 0.25) is 0 Å². The lowest BCUT2D eigenvalue weighted by atomic mass is 9.97. The molecule has 0 radical (unpaired) electrons. The number of hydrogen-bond acceptors (Lipinski definition) is 2. The molecule has 0 aliphatic heterocycles. The van der Waals surface area contributed by atoms with Crippen molar-refractivity contribution in [3.63, 3.8) is 0 Å². The molecule has 0 amide bonds. The summed E-state index contributed by atoms with van der Waals surface area (Å²) in [5.74, 6) is 0.463. The maximum atomic E-state index is 13.8. The van der Waals surface area contributed by atoms with Gasteiger partial charge < -0.3 is 10.5 Å². The highest BCUT2D eigenvalue weighted by molar-refractivity contribution is 5.31. The third kappa shape index (κ3) is 3.20. The number of methoxy groups -OCH3 is 1. The molecule has 0 aliphatic carbocycles. The van der Waals surface area contributed by atoms with Gasteiger partial charge in [-0.3, -0.25) is 0 Å². The Labute approximate surface area is 96.6 Å². The minimum Gasteiger partial charge on any atom is -0.494 e. The molecule has 2 nitrogen and oxygen atoms in total. The Morgan fingerprint density at radius 3 is 2.62 bits per heavy atom. The van der Waals surface area contributed by atoms with Crippen LogP contribution in [0.3, 0.4) is 0 Å². The van der Waals surface area contributed by atoms with E-state index in [0.717, 1.165) is 6.42 Å². The van der Waals surface area contributed by atoms with Crippen molar-refractivity contribution in [3.8, 4) is 5.75 Å². The standard InChI is InChI=1S/C13H20FNO/c1-9(2)11(15)8-7-10-5-4-6-12(16-3)13(10)14/h4-6,9,11H,7-8,15H2,1-3H3. The van der Waals surface area contributed by atoms with Gasteiger partial charge in [-0.25, -0.2) is 4.39 Å². The van der Waals surface area contributed by atoms with Crippen LogP contribution in [0.5, 0.6) is 5.75 Å². The van der Waals surface area contributed by atoms with Crippen molar-refractivity contribution in [2.24, 2.45) is 11.7 Å². The van der Waals surface area contributed by atoms with Gasteiger partial charge in [-0.1, -0.05) is 26.0 Å². The van der Waals surface area contributed by atoms with Crippen molar-refractivity contribution in [1.82, 2.24) is 0 Å². The summed E-state index contributed by atoms with van der Waals surface area (Å²) in [6.07, 6.45) is 1.45. The van der Waals surface area contributed by atoms with Crippen LogP contribution in [0.1, 0.15) is 25.8 Å². The van der Waals surface area contributed by atoms with Gasteiger partial charge in [-0.05, 0) is 30.4 Å². The molecule has 1 rings (SSSR count). The Balaban J connectivity index is 2.67. The largest absolute Gasteiger partial charge is 0.494 e. The van der Waals surface area contributed by atoms with Gasteiger partial charge in [-0.2, -0.15) is 0 Å². The van der Waals surface area contributed by atoms with Gasteiger partial charge in [0.15, 0.2) is 11.6 Å². The third-order valence-corrected chi connectivity index (χ3v) is 2.87. The van der Waals surface area contributed by atoms with Crippen LogP contribution in [-0.4, -0.2) is 13.2 Å². The molecule has 1 atom stereocenters. The zero-order valence-corrected chi connectivity index (χ0v) is 10.2. The SMILES string of the molecule is COc1cccc(CCC(N)C(C)C)c1F. The van der Waals surface area contributed by atoms with E-state index in [4.69, 9.17) is 10.5 Å². The van der Waals surface area contributed by atoms with E-state index < -0.39 is 0 Å². The predicted molar refractivity (Wildman–Crippen MR) is 64.1 cm³/mol. The second-order valence-electron chi connectivity index (χ2n) is 4.38. The second-order valence-corrected chi connectivity index (χ2v) is 4.38. The molecular weight excluding hydrogens is 205 g/mol. The lowest BCUT2D eigenvalue weighted by Gasteiger charge is -2.15. The predicted octanol–water partition coefficient (Wildman–Crippen LogP) is 2.75. The van der Waals surface area contributed by atoms with Gasteiger partial charge in [0.1, 0.15) is 0 Å². The lowest BCUT2D eigenvalue weighted by molar-refractivity contribution is 0.382. The van der Waals surface area contributed by atoms with E-state index in [9.17, 15) is 4.39 Å². The summed E-state index contributed by atoms with van der Waals surface area (Å²) >= 11 is 0. The fourth-order valence-corrected chi connectivity index (χ4v) is 1.56. The Hall–Kier alpha value is -1.09. The summed E-state index contributed by atoms with van der Waals surface area (Å²) in [6.45, 7) is 4.15. The molecule has 3 heteroatoms. The second kappa shape index (κ2) is 5.85. The average molecular weight is 225 g/mol. The van der Waals surface area contributed by atoms with Crippen LogP contribution in [0.2, 0.25) is 0 Å². The number of halogens is 1. The fraction of sp³-hybridized carbons (Fsp3) is 0.538. The molecule has 0 saturated carbocycles. The molecule has 0 spiro atoms. The van der Waals surface area contributed by atoms with E-state index in [1.807, 2.05) is 0 Å². The Morgan fingerprint density at radius 1 is 1.38 bits per heavy atom. The molecule has 2 N–H and O–H groups in total. The van der Waals surface area contributed by atoms with Crippen molar-refractivity contribution in [2.45, 2.75) is 32.7 Å². The maximum absolute atomic E-state index is 13.8. The lowest BCUT2D eigenvalue weighted by Crippen LogP contribution is -2.26. The van der Waals surface area contributed by atoms with Gasteiger partial charge in [0.05, 0.1) is 7.11 Å². The molecule has 90 valence electrons. The molecule has 0 fully saturated rings. The smallest absolute Gasteiger partial charge is 0.168 e. The van der Waals surface area contributed by atoms with Crippen molar-refractivity contribution < 1.29 is 9.13 Å². The first-order valence-electron chi connectivity index (χ1n) is 5.63. The molecule has 0 aliphatic rings. The van der Waals surface area contributed by atoms with Crippen LogP contribution in [0.15, 0.2) is 18.2 Å². The molecule has 16 heavy (non-hydrogen) atoms. The Morgan fingerprint density at radius 2 is 2.06 bits per heavy atom. The highest BCUT2D eigenvalue weighted by atomic mass is 19.1. The Kier molecular flexibility index (Phi) is 4.74. The third-order valence-electron chi connectivity index (χ3n) is 2.87. The summed E-state index contributed by atoms with van der Waals surface area (Å²) in [4.78, 5) is 0. The molecule has 0 heterocycles. The van der Waals surface area contributed by atoms with Gasteiger partial charge in [0.25, 0.3) is 0 Å². The van der Waals surface area contributed by atoms with E-state index in [-0.39, 0.29) is 11.9 Å². The Bertz CT molecular complexity index is 339. The fourth-order valence-electron chi connectivity index (χ4n) is 1.56. The minimum absolute atomic E-state index is 0.116. The molecular formula is C13H20FNO. The summed E-state index contributed by atoms with van der Waals surface area (Å²) < 4.78 is 18.7. The van der Waals surface area contributed by atoms with E-state index >= 15 is 0 Å². The minimum atomic E-state index is -0.263. The van der Waals surface area contributed by atoms with Crippen LogP contribution < -0.4 is 10.5 Å². The van der Waals surface area contributed by atoms with E-state index in [2.05, 4.69) is 13.8 Å². The van der Waals surface area contributed by atoms with E-state index in [1.165, 1.54) is 7.11 Å². The van der Waals surface area contributed by atoms with E-state index in [0.29, 0.717) is 23.7 Å². The van der Waals surface area contributed by atoms with Gasteiger partial charge >= 0.3 is 0 Å². The molecule has 1 unspecified atom stereocenters. The van der Waals surface area contributed by atoms with E-state index in [1.54, 1.807) is 18.2 Å². The molecule has 1 aromatic carbocycles. The number of rotatable bonds is 5. The first-order chi connectivity index (χ1) is 7.56. The van der Waals surface area contributed by atoms with Gasteiger partial charge in [-0.15, -0.1) is 0 Å². The molecule has 0 bridgehead atoms. The zero-order valence-electron chi connectivity index (χ0n) is 10.2. The number of aryl methyl sites for hydroxylation is 1. The first-order valence-corrected chi connectivity index (χ1v) is 5.63. The van der Waals surface area contributed by atoms with Crippen LogP contribution in [0, 0.1) is 11.7 Å². The summed E-state index contributed by atoms with van der Waals surface area (Å²) in [6, 6.07) is 5.33. The number of hydrogen-bond donors (Lipinski definition) is 1. The summed E-state index contributed by atoms with van der Waals surface area (Å²) in [7, 11) is 1.47. The molecule has 1 aromatic rings. The van der Waals surface area contributed by atoms with Crippen LogP contribution in [0.25, 0.3) is 0 Å². The number of nitrogens with two attached hydrogens (primary N) is 1. The first kappa shape index (κ1) is 13.0. The van der Waals surface area contributed by atoms with Crippen LogP contribution >= 0.6 is 0 Å².